The van der Waals surface area contributed by atoms with Crippen LogP contribution >= 0.6 is 11.6 Å². The van der Waals surface area contributed by atoms with Gasteiger partial charge in [0.05, 0.1) is 11.9 Å². The molecule has 1 unspecified atom stereocenters. The number of fused-ring (bicyclic) bond motifs is 2. The summed E-state index contributed by atoms with van der Waals surface area (Å²) in [6, 6.07) is 1.08. The van der Waals surface area contributed by atoms with Crippen molar-refractivity contribution in [2.24, 2.45) is 11.8 Å². The van der Waals surface area contributed by atoms with E-state index in [1.165, 1.54) is 19.3 Å². The lowest BCUT2D eigenvalue weighted by atomic mass is 9.87. The minimum atomic E-state index is -5.04. The lowest BCUT2D eigenvalue weighted by Gasteiger charge is -2.41. The highest BCUT2D eigenvalue weighted by Crippen LogP contribution is 2.53. The Labute approximate surface area is 211 Å². The van der Waals surface area contributed by atoms with Crippen LogP contribution in [0.15, 0.2) is 37.1 Å². The first kappa shape index (κ1) is 26.9. The summed E-state index contributed by atoms with van der Waals surface area (Å²) in [6.07, 6.45) is -0.972. The Hall–Kier alpha value is -3.16. The number of alkyl halides is 7. The average Bonchev–Trinajstić information content (AvgIpc) is 3.35. The first-order valence-corrected chi connectivity index (χ1v) is 11.4. The van der Waals surface area contributed by atoms with Crippen LogP contribution in [-0.4, -0.2) is 50.7 Å². The topological polar surface area (TPSA) is 97.3 Å². The number of nitrogens with one attached hydrogen (secondary N) is 1. The van der Waals surface area contributed by atoms with E-state index in [1.54, 1.807) is 0 Å². The van der Waals surface area contributed by atoms with Gasteiger partial charge in [0, 0.05) is 42.4 Å². The number of rotatable bonds is 7. The minimum Gasteiger partial charge on any atom is -0.388 e. The molecule has 4 rings (SSSR count). The summed E-state index contributed by atoms with van der Waals surface area (Å²) in [5, 5.41) is 2.69. The molecule has 2 amide bonds. The molecular weight excluding hydrogens is 532 g/mol. The Morgan fingerprint density at radius 2 is 1.86 bits per heavy atom. The van der Waals surface area contributed by atoms with Crippen LogP contribution < -0.4 is 15.0 Å². The van der Waals surface area contributed by atoms with Crippen molar-refractivity contribution in [3.8, 4) is 5.88 Å². The van der Waals surface area contributed by atoms with Crippen LogP contribution in [0.3, 0.4) is 0 Å². The van der Waals surface area contributed by atoms with Gasteiger partial charge in [-0.15, -0.1) is 13.2 Å². The molecule has 2 fully saturated rings. The van der Waals surface area contributed by atoms with E-state index in [0.29, 0.717) is 4.90 Å². The number of ether oxygens (including phenoxy) is 1. The first-order chi connectivity index (χ1) is 17.2. The van der Waals surface area contributed by atoms with Gasteiger partial charge < -0.3 is 10.1 Å². The molecule has 200 valence electrons. The minimum absolute atomic E-state index is 0.00496. The number of carbonyl (C=O) groups excluding carboxylic acids is 2. The number of amides is 2. The molecule has 0 spiro atoms. The molecule has 2 aliphatic rings. The molecule has 0 aromatic carbocycles. The van der Waals surface area contributed by atoms with Crippen molar-refractivity contribution >= 4 is 29.1 Å². The van der Waals surface area contributed by atoms with E-state index in [-0.39, 0.29) is 24.1 Å². The molecule has 5 atom stereocenters. The van der Waals surface area contributed by atoms with Gasteiger partial charge in [0.15, 0.2) is 5.54 Å². The molecule has 0 aliphatic heterocycles. The molecule has 2 saturated carbocycles. The third-order valence-electron chi connectivity index (χ3n) is 6.76. The number of hydrogen-bond donors (Lipinski definition) is 1. The first-order valence-electron chi connectivity index (χ1n) is 11.0. The van der Waals surface area contributed by atoms with E-state index < -0.39 is 65.4 Å². The van der Waals surface area contributed by atoms with Gasteiger partial charge in [-0.3, -0.25) is 14.5 Å². The van der Waals surface area contributed by atoms with E-state index in [4.69, 9.17) is 11.6 Å². The number of aromatic nitrogens is 3. The van der Waals surface area contributed by atoms with Gasteiger partial charge >= 0.3 is 6.36 Å². The molecule has 8 nitrogen and oxygen atoms in total. The van der Waals surface area contributed by atoms with E-state index in [2.05, 4.69) is 25.0 Å². The van der Waals surface area contributed by atoms with Crippen molar-refractivity contribution in [1.82, 2.24) is 20.3 Å². The zero-order valence-corrected chi connectivity index (χ0v) is 19.8. The predicted octanol–water partition coefficient (Wildman–Crippen LogP) is 4.10. The van der Waals surface area contributed by atoms with E-state index in [1.807, 2.05) is 0 Å². The third kappa shape index (κ3) is 5.29. The number of nitrogens with zero attached hydrogens (tertiary/aromatic N) is 4. The number of pyridine rings is 1. The van der Waals surface area contributed by atoms with Crippen LogP contribution in [0.2, 0.25) is 0 Å². The zero-order chi connectivity index (χ0) is 27.2. The molecule has 2 aliphatic carbocycles. The van der Waals surface area contributed by atoms with Gasteiger partial charge in [0.2, 0.25) is 5.88 Å². The summed E-state index contributed by atoms with van der Waals surface area (Å²) in [4.78, 5) is 38.5. The Morgan fingerprint density at radius 3 is 2.35 bits per heavy atom. The normalized spacial score (nSPS) is 24.7. The largest absolute Gasteiger partial charge is 0.574 e. The molecule has 0 saturated heterocycles. The second-order valence-electron chi connectivity index (χ2n) is 9.05. The van der Waals surface area contributed by atoms with Crippen molar-refractivity contribution in [2.75, 3.05) is 4.90 Å². The van der Waals surface area contributed by atoms with Crippen LogP contribution in [0.4, 0.5) is 32.0 Å². The van der Waals surface area contributed by atoms with Crippen LogP contribution in [0, 0.1) is 11.8 Å². The lowest BCUT2D eigenvalue weighted by molar-refractivity contribution is -0.276. The van der Waals surface area contributed by atoms with Gasteiger partial charge in [-0.05, 0) is 31.7 Å². The van der Waals surface area contributed by atoms with Gasteiger partial charge in [0.1, 0.15) is 6.33 Å². The monoisotopic (exact) mass is 551 g/mol. The molecule has 15 heteroatoms. The summed E-state index contributed by atoms with van der Waals surface area (Å²) < 4.78 is 83.6. The van der Waals surface area contributed by atoms with Crippen LogP contribution in [0.25, 0.3) is 0 Å². The highest BCUT2D eigenvalue weighted by molar-refractivity contribution is 6.32. The van der Waals surface area contributed by atoms with Crippen molar-refractivity contribution in [2.45, 2.75) is 55.7 Å². The van der Waals surface area contributed by atoms with Gasteiger partial charge in [-0.25, -0.2) is 28.1 Å². The summed E-state index contributed by atoms with van der Waals surface area (Å²) in [6.45, 7) is 1.22. The highest BCUT2D eigenvalue weighted by atomic mass is 35.5. The SMILES string of the molecule is C[C@@](C(=O)N[C@H]1C[C@@H]2CC1CC2(F)F)(c1cncnc1)N(C(=O)[C@H](F)Cl)c1ccc(OC(F)(F)F)nc1. The van der Waals surface area contributed by atoms with E-state index in [9.17, 15) is 35.9 Å². The Balaban J connectivity index is 1.73. The van der Waals surface area contributed by atoms with Crippen molar-refractivity contribution in [1.29, 1.82) is 0 Å². The summed E-state index contributed by atoms with van der Waals surface area (Å²) in [7, 11) is 0. The van der Waals surface area contributed by atoms with Gasteiger partial charge in [-0.2, -0.15) is 0 Å². The molecule has 2 heterocycles. The number of halogens is 7. The van der Waals surface area contributed by atoms with Gasteiger partial charge in [0.25, 0.3) is 23.4 Å². The number of carbonyl (C=O) groups is 2. The average molecular weight is 552 g/mol. The maximum absolute atomic E-state index is 14.2. The third-order valence-corrected chi connectivity index (χ3v) is 6.95. The molecule has 37 heavy (non-hydrogen) atoms. The van der Waals surface area contributed by atoms with E-state index >= 15 is 0 Å². The van der Waals surface area contributed by atoms with Crippen LogP contribution in [0.5, 0.6) is 5.88 Å². The maximum Gasteiger partial charge on any atom is 0.574 e. The zero-order valence-electron chi connectivity index (χ0n) is 19.1. The molecule has 1 N–H and O–H groups in total. The standard InChI is InChI=1S/C22H20ClF6N5O3/c1-20(13-7-30-10-31-8-13,19(36)33-15-5-12-4-11(15)6-21(12,25)26)34(18(35)17(23)24)14-2-3-16(32-9-14)37-22(27,28)29/h2-3,7-12,15,17H,4-6H2,1H3,(H,33,36)/t11?,12-,15-,17-,20-/m0/s1. The fraction of sp³-hybridized carbons (Fsp3) is 0.500. The van der Waals surface area contributed by atoms with Crippen molar-refractivity contribution in [3.63, 3.8) is 0 Å². The second-order valence-corrected chi connectivity index (χ2v) is 9.43. The predicted molar refractivity (Wildman–Crippen MR) is 116 cm³/mol. The highest BCUT2D eigenvalue weighted by Gasteiger charge is 2.58. The number of hydrogen-bond acceptors (Lipinski definition) is 6. The smallest absolute Gasteiger partial charge is 0.388 e. The number of anilines is 1. The molecule has 2 aromatic heterocycles. The molecule has 0 radical (unpaired) electrons. The Bertz CT molecular complexity index is 1150. The van der Waals surface area contributed by atoms with Gasteiger partial charge in [-0.1, -0.05) is 11.6 Å². The van der Waals surface area contributed by atoms with Crippen LogP contribution in [0.1, 0.15) is 31.7 Å². The van der Waals surface area contributed by atoms with Crippen molar-refractivity contribution < 1.29 is 40.7 Å². The van der Waals surface area contributed by atoms with E-state index in [0.717, 1.165) is 24.7 Å². The quantitative estimate of drug-likeness (QED) is 0.411. The summed E-state index contributed by atoms with van der Waals surface area (Å²) in [5.41, 5.74) is -5.09. The Kier molecular flexibility index (Phi) is 6.99. The summed E-state index contributed by atoms with van der Waals surface area (Å²) in [5.74, 6) is -7.44. The second kappa shape index (κ2) is 9.62. The summed E-state index contributed by atoms with van der Waals surface area (Å²) >= 11 is 5.44. The fourth-order valence-electron chi connectivity index (χ4n) is 5.00. The van der Waals surface area contributed by atoms with Crippen LogP contribution in [-0.2, 0) is 15.1 Å². The lowest BCUT2D eigenvalue weighted by Crippen LogP contribution is -2.60. The van der Waals surface area contributed by atoms with Crippen molar-refractivity contribution in [3.05, 3.63) is 42.6 Å². The molecule has 2 bridgehead atoms. The molecular formula is C22H20ClF6N5O3. The maximum atomic E-state index is 14.2. The Morgan fingerprint density at radius 1 is 1.19 bits per heavy atom. The fourth-order valence-corrected chi connectivity index (χ4v) is 5.09. The molecule has 2 aromatic rings.